The monoisotopic (exact) mass is 252 g/mol. The molecule has 0 bridgehead atoms. The molecule has 1 unspecified atom stereocenters. The van der Waals surface area contributed by atoms with Gasteiger partial charge in [0.25, 0.3) is 0 Å². The van der Waals surface area contributed by atoms with Gasteiger partial charge in [-0.1, -0.05) is 0 Å². The van der Waals surface area contributed by atoms with E-state index in [9.17, 15) is 0 Å². The van der Waals surface area contributed by atoms with Gasteiger partial charge in [0.05, 0.1) is 0 Å². The van der Waals surface area contributed by atoms with Crippen molar-refractivity contribution < 1.29 is 0 Å². The van der Waals surface area contributed by atoms with Crippen molar-refractivity contribution in [1.82, 2.24) is 10.2 Å². The molecule has 1 saturated heterocycles. The van der Waals surface area contributed by atoms with Crippen LogP contribution >= 0.6 is 23.5 Å². The van der Waals surface area contributed by atoms with Crippen molar-refractivity contribution in [3.8, 4) is 6.07 Å². The van der Waals surface area contributed by atoms with Crippen LogP contribution in [-0.4, -0.2) is 39.3 Å². The Hall–Kier alpha value is -0.930. The fourth-order valence-electron chi connectivity index (χ4n) is 1.36. The molecule has 1 aromatic heterocycles. The molecule has 0 amide bonds. The molecule has 6 heteroatoms. The lowest BCUT2D eigenvalue weighted by molar-refractivity contribution is 0.953. The van der Waals surface area contributed by atoms with E-state index in [4.69, 9.17) is 5.26 Å². The molecule has 1 aliphatic heterocycles. The molecular formula is C10H12N4S2. The number of nitrogens with zero attached hydrogens (tertiary/aromatic N) is 3. The summed E-state index contributed by atoms with van der Waals surface area (Å²) in [7, 11) is 0. The molecule has 4 nitrogen and oxygen atoms in total. The van der Waals surface area contributed by atoms with Gasteiger partial charge >= 0.3 is 0 Å². The van der Waals surface area contributed by atoms with E-state index in [2.05, 4.69) is 15.5 Å². The number of aromatic nitrogens is 2. The van der Waals surface area contributed by atoms with Gasteiger partial charge in [-0.15, -0.1) is 10.2 Å². The summed E-state index contributed by atoms with van der Waals surface area (Å²) in [5, 5.41) is 20.2. The fraction of sp³-hybridized carbons (Fsp3) is 0.500. The Morgan fingerprint density at radius 2 is 2.38 bits per heavy atom. The summed E-state index contributed by atoms with van der Waals surface area (Å²) in [6.45, 7) is 0.915. The highest BCUT2D eigenvalue weighted by Crippen LogP contribution is 2.23. The molecule has 2 heterocycles. The van der Waals surface area contributed by atoms with Crippen molar-refractivity contribution in [3.05, 3.63) is 17.8 Å². The average Bonchev–Trinajstić information content (AvgIpc) is 2.38. The van der Waals surface area contributed by atoms with Gasteiger partial charge in [0.15, 0.2) is 5.69 Å². The van der Waals surface area contributed by atoms with Crippen LogP contribution in [0.5, 0.6) is 0 Å². The predicted octanol–water partition coefficient (Wildman–Crippen LogP) is 1.61. The van der Waals surface area contributed by atoms with Gasteiger partial charge in [-0.3, -0.25) is 0 Å². The highest BCUT2D eigenvalue weighted by Gasteiger charge is 2.13. The fourth-order valence-corrected chi connectivity index (χ4v) is 3.97. The van der Waals surface area contributed by atoms with Gasteiger partial charge in [0, 0.05) is 29.1 Å². The number of nitrogens with one attached hydrogen (secondary N) is 1. The topological polar surface area (TPSA) is 61.6 Å². The van der Waals surface area contributed by atoms with E-state index in [1.54, 1.807) is 12.1 Å². The molecule has 1 fully saturated rings. The first-order valence-corrected chi connectivity index (χ1v) is 7.26. The minimum Gasteiger partial charge on any atom is -0.367 e. The Bertz CT molecular complexity index is 367. The zero-order valence-corrected chi connectivity index (χ0v) is 10.4. The van der Waals surface area contributed by atoms with E-state index >= 15 is 0 Å². The Labute approximate surface area is 103 Å². The Morgan fingerprint density at radius 1 is 1.44 bits per heavy atom. The largest absolute Gasteiger partial charge is 0.367 e. The van der Waals surface area contributed by atoms with Crippen LogP contribution in [-0.2, 0) is 0 Å². The summed E-state index contributed by atoms with van der Waals surface area (Å²) in [5.41, 5.74) is 0.355. The molecule has 0 aliphatic carbocycles. The Morgan fingerprint density at radius 3 is 3.00 bits per heavy atom. The van der Waals surface area contributed by atoms with Gasteiger partial charge in [-0.05, 0) is 12.1 Å². The van der Waals surface area contributed by atoms with Gasteiger partial charge in [0.2, 0.25) is 0 Å². The van der Waals surface area contributed by atoms with Crippen molar-refractivity contribution in [2.45, 2.75) is 5.25 Å². The van der Waals surface area contributed by atoms with Crippen LogP contribution in [0.15, 0.2) is 12.1 Å². The smallest absolute Gasteiger partial charge is 0.163 e. The maximum Gasteiger partial charge on any atom is 0.163 e. The lowest BCUT2D eigenvalue weighted by atomic mass is 10.4. The SMILES string of the molecule is N#Cc1ccc(NCC2CSCCS2)nn1. The van der Waals surface area contributed by atoms with E-state index < -0.39 is 0 Å². The maximum atomic E-state index is 8.58. The van der Waals surface area contributed by atoms with Gasteiger partial charge in [0.1, 0.15) is 11.9 Å². The third kappa shape index (κ3) is 3.29. The van der Waals surface area contributed by atoms with Crippen LogP contribution in [0.2, 0.25) is 0 Å². The normalized spacial score (nSPS) is 20.1. The van der Waals surface area contributed by atoms with E-state index in [0.29, 0.717) is 10.9 Å². The van der Waals surface area contributed by atoms with Gasteiger partial charge in [-0.2, -0.15) is 28.8 Å². The molecule has 0 spiro atoms. The van der Waals surface area contributed by atoms with Crippen molar-refractivity contribution in [3.63, 3.8) is 0 Å². The van der Waals surface area contributed by atoms with E-state index in [1.165, 1.54) is 17.3 Å². The number of hydrogen-bond acceptors (Lipinski definition) is 6. The number of nitriles is 1. The minimum atomic E-state index is 0.355. The number of thioether (sulfide) groups is 2. The van der Waals surface area contributed by atoms with Crippen LogP contribution < -0.4 is 5.32 Å². The third-order valence-corrected chi connectivity index (χ3v) is 5.02. The van der Waals surface area contributed by atoms with E-state index in [1.807, 2.05) is 29.6 Å². The van der Waals surface area contributed by atoms with Gasteiger partial charge < -0.3 is 5.32 Å². The molecular weight excluding hydrogens is 240 g/mol. The lowest BCUT2D eigenvalue weighted by Crippen LogP contribution is -2.23. The summed E-state index contributed by atoms with van der Waals surface area (Å²) >= 11 is 4.01. The number of anilines is 1. The van der Waals surface area contributed by atoms with Crippen LogP contribution in [0.25, 0.3) is 0 Å². The van der Waals surface area contributed by atoms with Crippen LogP contribution in [0, 0.1) is 11.3 Å². The lowest BCUT2D eigenvalue weighted by Gasteiger charge is -2.21. The zero-order valence-electron chi connectivity index (χ0n) is 8.72. The summed E-state index contributed by atoms with van der Waals surface area (Å²) in [6, 6.07) is 5.43. The summed E-state index contributed by atoms with van der Waals surface area (Å²) in [6.07, 6.45) is 0. The predicted molar refractivity (Wildman–Crippen MR) is 68.8 cm³/mol. The Kier molecular flexibility index (Phi) is 4.31. The molecule has 0 saturated carbocycles. The van der Waals surface area contributed by atoms with Crippen molar-refractivity contribution in [2.75, 3.05) is 29.1 Å². The maximum absolute atomic E-state index is 8.58. The van der Waals surface area contributed by atoms with Crippen molar-refractivity contribution in [2.24, 2.45) is 0 Å². The molecule has 1 N–H and O–H groups in total. The van der Waals surface area contributed by atoms with Crippen molar-refractivity contribution in [1.29, 1.82) is 5.26 Å². The molecule has 1 atom stereocenters. The van der Waals surface area contributed by atoms with Crippen LogP contribution in [0.4, 0.5) is 5.82 Å². The van der Waals surface area contributed by atoms with Crippen LogP contribution in [0.1, 0.15) is 5.69 Å². The zero-order chi connectivity index (χ0) is 11.2. The van der Waals surface area contributed by atoms with E-state index in [-0.39, 0.29) is 0 Å². The molecule has 84 valence electrons. The summed E-state index contributed by atoms with van der Waals surface area (Å²) in [4.78, 5) is 0. The van der Waals surface area contributed by atoms with Crippen LogP contribution in [0.3, 0.4) is 0 Å². The minimum absolute atomic E-state index is 0.355. The first kappa shape index (κ1) is 11.6. The quantitative estimate of drug-likeness (QED) is 0.882. The third-order valence-electron chi connectivity index (χ3n) is 2.17. The second-order valence-corrected chi connectivity index (χ2v) is 5.92. The number of hydrogen-bond donors (Lipinski definition) is 1. The first-order chi connectivity index (χ1) is 7.88. The highest BCUT2D eigenvalue weighted by molar-refractivity contribution is 8.06. The molecule has 0 radical (unpaired) electrons. The highest BCUT2D eigenvalue weighted by atomic mass is 32.2. The summed E-state index contributed by atoms with van der Waals surface area (Å²) in [5.74, 6) is 4.44. The second kappa shape index (κ2) is 5.97. The Balaban J connectivity index is 1.82. The van der Waals surface area contributed by atoms with E-state index in [0.717, 1.165) is 12.4 Å². The number of rotatable bonds is 3. The standard InChI is InChI=1S/C10H12N4S2/c11-5-8-1-2-10(14-13-8)12-6-9-7-15-3-4-16-9/h1-2,9H,3-4,6-7H2,(H,12,14). The molecule has 1 aromatic rings. The van der Waals surface area contributed by atoms with Gasteiger partial charge in [-0.25, -0.2) is 0 Å². The second-order valence-electron chi connectivity index (χ2n) is 3.36. The molecule has 1 aliphatic rings. The van der Waals surface area contributed by atoms with Crippen molar-refractivity contribution >= 4 is 29.3 Å². The average molecular weight is 252 g/mol. The molecule has 0 aromatic carbocycles. The molecule has 16 heavy (non-hydrogen) atoms. The summed E-state index contributed by atoms with van der Waals surface area (Å²) < 4.78 is 0. The first-order valence-electron chi connectivity index (χ1n) is 5.05. The molecule has 2 rings (SSSR count).